The van der Waals surface area contributed by atoms with Crippen molar-refractivity contribution in [1.29, 1.82) is 0 Å². The van der Waals surface area contributed by atoms with Gasteiger partial charge >= 0.3 is 0 Å². The van der Waals surface area contributed by atoms with Crippen LogP contribution in [0.25, 0.3) is 0 Å². The number of carbonyl (C=O) groups excluding carboxylic acids is 1. The standard InChI is InChI=1S/C20H27N5O3.HI/c1-13-14(2)28-18(24-13)12-23-20(21-3)22-11-15-6-4-7-16(10-15)25-19(26)17-8-5-9-27-17;/h4,6-7,10,17H,5,8-9,11-12H2,1-3H3,(H,25,26)(H2,21,22,23);1H. The predicted octanol–water partition coefficient (Wildman–Crippen LogP) is 2.89. The molecule has 2 heterocycles. The van der Waals surface area contributed by atoms with Crippen LogP contribution in [0.5, 0.6) is 0 Å². The third kappa shape index (κ3) is 6.70. The van der Waals surface area contributed by atoms with Crippen LogP contribution in [0.3, 0.4) is 0 Å². The molecule has 1 unspecified atom stereocenters. The summed E-state index contributed by atoms with van der Waals surface area (Å²) in [5.41, 5.74) is 2.67. The van der Waals surface area contributed by atoms with Crippen molar-refractivity contribution in [3.8, 4) is 0 Å². The Labute approximate surface area is 187 Å². The fraction of sp³-hybridized carbons (Fsp3) is 0.450. The van der Waals surface area contributed by atoms with Crippen LogP contribution >= 0.6 is 24.0 Å². The number of nitrogens with one attached hydrogen (secondary N) is 3. The summed E-state index contributed by atoms with van der Waals surface area (Å²) in [6.07, 6.45) is 1.37. The van der Waals surface area contributed by atoms with Crippen molar-refractivity contribution in [2.45, 2.75) is 45.9 Å². The van der Waals surface area contributed by atoms with Crippen molar-refractivity contribution in [1.82, 2.24) is 15.6 Å². The van der Waals surface area contributed by atoms with Crippen molar-refractivity contribution >= 4 is 41.5 Å². The van der Waals surface area contributed by atoms with Crippen molar-refractivity contribution in [2.24, 2.45) is 4.99 Å². The largest absolute Gasteiger partial charge is 0.444 e. The first-order valence-corrected chi connectivity index (χ1v) is 9.44. The fourth-order valence-corrected chi connectivity index (χ4v) is 2.95. The topological polar surface area (TPSA) is 101 Å². The SMILES string of the molecule is CN=C(NCc1cccc(NC(=O)C2CCCO2)c1)NCc1nc(C)c(C)o1.I. The summed E-state index contributed by atoms with van der Waals surface area (Å²) in [5, 5.41) is 9.34. The van der Waals surface area contributed by atoms with E-state index in [2.05, 4.69) is 25.9 Å². The Hall–Kier alpha value is -2.14. The molecule has 0 spiro atoms. The molecule has 1 saturated heterocycles. The minimum atomic E-state index is -0.340. The van der Waals surface area contributed by atoms with Gasteiger partial charge in [-0.05, 0) is 44.4 Å². The number of carbonyl (C=O) groups is 1. The Morgan fingerprint density at radius 2 is 2.07 bits per heavy atom. The maximum atomic E-state index is 12.2. The lowest BCUT2D eigenvalue weighted by Crippen LogP contribution is -2.36. The van der Waals surface area contributed by atoms with Crippen LogP contribution in [0.15, 0.2) is 33.7 Å². The number of nitrogens with zero attached hydrogens (tertiary/aromatic N) is 2. The first-order chi connectivity index (χ1) is 13.5. The van der Waals surface area contributed by atoms with E-state index >= 15 is 0 Å². The monoisotopic (exact) mass is 513 g/mol. The summed E-state index contributed by atoms with van der Waals surface area (Å²) < 4.78 is 11.0. The Morgan fingerprint density at radius 3 is 2.72 bits per heavy atom. The quantitative estimate of drug-likeness (QED) is 0.312. The van der Waals surface area contributed by atoms with Crippen molar-refractivity contribution in [2.75, 3.05) is 19.0 Å². The van der Waals surface area contributed by atoms with Crippen LogP contribution < -0.4 is 16.0 Å². The average molecular weight is 513 g/mol. The number of guanidine groups is 1. The normalized spacial score (nSPS) is 16.2. The maximum absolute atomic E-state index is 12.2. The summed E-state index contributed by atoms with van der Waals surface area (Å²) in [5.74, 6) is 2.00. The van der Waals surface area contributed by atoms with Gasteiger partial charge in [-0.2, -0.15) is 0 Å². The first kappa shape index (κ1) is 23.1. The molecule has 158 valence electrons. The Kier molecular flexibility index (Phi) is 8.90. The summed E-state index contributed by atoms with van der Waals surface area (Å²) in [6.45, 7) is 5.48. The molecule has 3 rings (SSSR count). The number of rotatable bonds is 6. The molecule has 9 heteroatoms. The summed E-state index contributed by atoms with van der Waals surface area (Å²) in [4.78, 5) is 20.7. The molecule has 1 aromatic heterocycles. The molecule has 3 N–H and O–H groups in total. The number of aliphatic imine (C=N–C) groups is 1. The highest BCUT2D eigenvalue weighted by molar-refractivity contribution is 14.0. The molecule has 1 amide bonds. The van der Waals surface area contributed by atoms with Gasteiger partial charge < -0.3 is 25.1 Å². The second-order valence-electron chi connectivity index (χ2n) is 6.72. The molecule has 1 aromatic carbocycles. The molecule has 1 aliphatic rings. The molecular formula is C20H28IN5O3. The molecule has 0 bridgehead atoms. The Bertz CT molecular complexity index is 827. The van der Waals surface area contributed by atoms with Gasteiger partial charge in [0.05, 0.1) is 12.2 Å². The number of halogens is 1. The highest BCUT2D eigenvalue weighted by Gasteiger charge is 2.23. The number of oxazole rings is 1. The van der Waals surface area contributed by atoms with Crippen LogP contribution in [-0.2, 0) is 22.6 Å². The number of aryl methyl sites for hydroxylation is 2. The first-order valence-electron chi connectivity index (χ1n) is 9.44. The number of benzene rings is 1. The zero-order valence-electron chi connectivity index (χ0n) is 16.9. The van der Waals surface area contributed by atoms with E-state index in [0.29, 0.717) is 31.5 Å². The van der Waals surface area contributed by atoms with Crippen LogP contribution in [0.1, 0.15) is 35.7 Å². The summed E-state index contributed by atoms with van der Waals surface area (Å²) in [7, 11) is 1.71. The third-order valence-corrected chi connectivity index (χ3v) is 4.58. The van der Waals surface area contributed by atoms with Crippen LogP contribution in [0.4, 0.5) is 5.69 Å². The van der Waals surface area contributed by atoms with E-state index in [1.54, 1.807) is 7.05 Å². The van der Waals surface area contributed by atoms with E-state index in [-0.39, 0.29) is 36.0 Å². The Morgan fingerprint density at radius 1 is 1.28 bits per heavy atom. The molecular weight excluding hydrogens is 485 g/mol. The molecule has 8 nitrogen and oxygen atoms in total. The van der Waals surface area contributed by atoms with Gasteiger partial charge in [-0.3, -0.25) is 9.79 Å². The molecule has 1 fully saturated rings. The van der Waals surface area contributed by atoms with E-state index in [1.165, 1.54) is 0 Å². The Balaban J connectivity index is 0.00000300. The summed E-state index contributed by atoms with van der Waals surface area (Å²) in [6, 6.07) is 7.71. The predicted molar refractivity (Wildman–Crippen MR) is 122 cm³/mol. The van der Waals surface area contributed by atoms with Crippen molar-refractivity contribution in [3.05, 3.63) is 47.2 Å². The number of hydrogen-bond donors (Lipinski definition) is 3. The third-order valence-electron chi connectivity index (χ3n) is 4.58. The lowest BCUT2D eigenvalue weighted by molar-refractivity contribution is -0.124. The van der Waals surface area contributed by atoms with Gasteiger partial charge in [-0.15, -0.1) is 24.0 Å². The minimum Gasteiger partial charge on any atom is -0.444 e. The van der Waals surface area contributed by atoms with Crippen molar-refractivity contribution < 1.29 is 13.9 Å². The van der Waals surface area contributed by atoms with Gasteiger partial charge in [0, 0.05) is 25.9 Å². The molecule has 1 atom stereocenters. The number of amides is 1. The number of anilines is 1. The second kappa shape index (κ2) is 11.1. The lowest BCUT2D eigenvalue weighted by Gasteiger charge is -2.13. The molecule has 0 saturated carbocycles. The van der Waals surface area contributed by atoms with Gasteiger partial charge in [-0.1, -0.05) is 12.1 Å². The maximum Gasteiger partial charge on any atom is 0.253 e. The molecule has 1 aliphatic heterocycles. The highest BCUT2D eigenvalue weighted by atomic mass is 127. The van der Waals surface area contributed by atoms with Crippen LogP contribution in [-0.4, -0.2) is 36.6 Å². The minimum absolute atomic E-state index is 0. The lowest BCUT2D eigenvalue weighted by atomic mass is 10.2. The van der Waals surface area contributed by atoms with Gasteiger partial charge in [0.25, 0.3) is 5.91 Å². The smallest absolute Gasteiger partial charge is 0.253 e. The van der Waals surface area contributed by atoms with E-state index < -0.39 is 0 Å². The van der Waals surface area contributed by atoms with E-state index in [4.69, 9.17) is 9.15 Å². The second-order valence-corrected chi connectivity index (χ2v) is 6.72. The van der Waals surface area contributed by atoms with Gasteiger partial charge in [-0.25, -0.2) is 4.98 Å². The van der Waals surface area contributed by atoms with Gasteiger partial charge in [0.15, 0.2) is 5.96 Å². The zero-order valence-corrected chi connectivity index (χ0v) is 19.3. The van der Waals surface area contributed by atoms with Crippen LogP contribution in [0.2, 0.25) is 0 Å². The molecule has 0 radical (unpaired) electrons. The zero-order chi connectivity index (χ0) is 19.9. The number of hydrogen-bond acceptors (Lipinski definition) is 5. The number of ether oxygens (including phenoxy) is 1. The van der Waals surface area contributed by atoms with E-state index in [0.717, 1.165) is 35.5 Å². The molecule has 29 heavy (non-hydrogen) atoms. The average Bonchev–Trinajstić information content (AvgIpc) is 3.33. The summed E-state index contributed by atoms with van der Waals surface area (Å²) >= 11 is 0. The van der Waals surface area contributed by atoms with Crippen molar-refractivity contribution in [3.63, 3.8) is 0 Å². The van der Waals surface area contributed by atoms with Gasteiger partial charge in [0.1, 0.15) is 11.9 Å². The molecule has 0 aliphatic carbocycles. The number of aromatic nitrogens is 1. The van der Waals surface area contributed by atoms with E-state index in [9.17, 15) is 4.79 Å². The van der Waals surface area contributed by atoms with Gasteiger partial charge in [0.2, 0.25) is 5.89 Å². The molecule has 2 aromatic rings. The van der Waals surface area contributed by atoms with Crippen LogP contribution in [0, 0.1) is 13.8 Å². The fourth-order valence-electron chi connectivity index (χ4n) is 2.95. The highest BCUT2D eigenvalue weighted by Crippen LogP contribution is 2.16. The van der Waals surface area contributed by atoms with E-state index in [1.807, 2.05) is 38.1 Å².